The largest absolute Gasteiger partial charge is 0.338 e. The summed E-state index contributed by atoms with van der Waals surface area (Å²) in [5, 5.41) is 0. The Bertz CT molecular complexity index is 645. The first kappa shape index (κ1) is 17.0. The van der Waals surface area contributed by atoms with Gasteiger partial charge in [0.2, 0.25) is 10.0 Å². The molecule has 1 aliphatic heterocycles. The maximum Gasteiger partial charge on any atom is 0.253 e. The third-order valence-electron chi connectivity index (χ3n) is 4.02. The zero-order valence-corrected chi connectivity index (χ0v) is 14.4. The number of hydrogen-bond donors (Lipinski definition) is 0. The maximum absolute atomic E-state index is 12.7. The third kappa shape index (κ3) is 3.50. The second-order valence-corrected chi connectivity index (χ2v) is 8.62. The van der Waals surface area contributed by atoms with Gasteiger partial charge in [-0.3, -0.25) is 4.79 Å². The van der Waals surface area contributed by atoms with Crippen LogP contribution in [0.3, 0.4) is 0 Å². The second-order valence-electron chi connectivity index (χ2n) is 6.47. The number of carbonyl (C=O) groups is 1. The van der Waals surface area contributed by atoms with E-state index in [0.717, 1.165) is 23.8 Å². The summed E-state index contributed by atoms with van der Waals surface area (Å²) in [4.78, 5) is 14.6. The number of sulfonamides is 1. The molecule has 0 N–H and O–H groups in total. The number of carbonyl (C=O) groups excluding carboxylic acids is 1. The predicted octanol–water partition coefficient (Wildman–Crippen LogP) is 2.06. The molecule has 6 heteroatoms. The van der Waals surface area contributed by atoms with Gasteiger partial charge in [0.05, 0.1) is 4.90 Å². The molecule has 1 aromatic rings. The number of hydrogen-bond acceptors (Lipinski definition) is 3. The minimum atomic E-state index is -3.52. The van der Waals surface area contributed by atoms with Crippen molar-refractivity contribution in [3.8, 4) is 0 Å². The molecule has 0 aromatic heterocycles. The first-order valence-corrected chi connectivity index (χ1v) is 8.97. The van der Waals surface area contributed by atoms with Gasteiger partial charge in [0.25, 0.3) is 5.91 Å². The smallest absolute Gasteiger partial charge is 0.253 e. The van der Waals surface area contributed by atoms with Crippen molar-refractivity contribution in [2.24, 2.45) is 11.8 Å². The lowest BCUT2D eigenvalue weighted by Crippen LogP contribution is -2.42. The molecule has 1 fully saturated rings. The molecule has 0 unspecified atom stereocenters. The summed E-state index contributed by atoms with van der Waals surface area (Å²) >= 11 is 0. The molecule has 2 atom stereocenters. The zero-order valence-electron chi connectivity index (χ0n) is 13.6. The fourth-order valence-corrected chi connectivity index (χ4v) is 3.96. The van der Waals surface area contributed by atoms with Gasteiger partial charge in [0, 0.05) is 32.7 Å². The van der Waals surface area contributed by atoms with Crippen molar-refractivity contribution in [1.82, 2.24) is 9.21 Å². The van der Waals surface area contributed by atoms with E-state index in [-0.39, 0.29) is 10.8 Å². The van der Waals surface area contributed by atoms with Crippen LogP contribution >= 0.6 is 0 Å². The molecule has 1 amide bonds. The summed E-state index contributed by atoms with van der Waals surface area (Å²) in [6.07, 6.45) is 1.12. The topological polar surface area (TPSA) is 57.7 Å². The average molecular weight is 324 g/mol. The van der Waals surface area contributed by atoms with Crippen molar-refractivity contribution in [2.45, 2.75) is 25.2 Å². The van der Waals surface area contributed by atoms with Crippen molar-refractivity contribution in [1.29, 1.82) is 0 Å². The molecule has 1 saturated heterocycles. The van der Waals surface area contributed by atoms with Gasteiger partial charge in [-0.15, -0.1) is 0 Å². The second kappa shape index (κ2) is 6.38. The van der Waals surface area contributed by atoms with Crippen LogP contribution in [0.25, 0.3) is 0 Å². The lowest BCUT2D eigenvalue weighted by Gasteiger charge is -2.35. The number of benzene rings is 1. The van der Waals surface area contributed by atoms with Crippen LogP contribution in [0.5, 0.6) is 0 Å². The molecule has 1 heterocycles. The lowest BCUT2D eigenvalue weighted by molar-refractivity contribution is 0.0623. The van der Waals surface area contributed by atoms with E-state index in [1.807, 2.05) is 4.90 Å². The first-order chi connectivity index (χ1) is 10.2. The van der Waals surface area contributed by atoms with Gasteiger partial charge < -0.3 is 4.90 Å². The van der Waals surface area contributed by atoms with Gasteiger partial charge in [-0.05, 0) is 36.5 Å². The molecule has 22 heavy (non-hydrogen) atoms. The van der Waals surface area contributed by atoms with E-state index in [1.54, 1.807) is 12.1 Å². The van der Waals surface area contributed by atoms with Crippen LogP contribution in [0.2, 0.25) is 0 Å². The van der Waals surface area contributed by atoms with E-state index in [0.29, 0.717) is 17.4 Å². The Morgan fingerprint density at radius 3 is 2.32 bits per heavy atom. The Balaban J connectivity index is 2.28. The van der Waals surface area contributed by atoms with Crippen molar-refractivity contribution >= 4 is 15.9 Å². The normalized spacial score (nSPS) is 22.9. The minimum absolute atomic E-state index is 0.0887. The first-order valence-electron chi connectivity index (χ1n) is 7.53. The summed E-state index contributed by atoms with van der Waals surface area (Å²) in [6.45, 7) is 5.74. The van der Waals surface area contributed by atoms with Crippen molar-refractivity contribution in [3.63, 3.8) is 0 Å². The van der Waals surface area contributed by atoms with Crippen LogP contribution < -0.4 is 0 Å². The monoisotopic (exact) mass is 324 g/mol. The van der Waals surface area contributed by atoms with Crippen LogP contribution in [0, 0.1) is 11.8 Å². The molecule has 0 saturated carbocycles. The fourth-order valence-electron chi connectivity index (χ4n) is 3.01. The van der Waals surface area contributed by atoms with Gasteiger partial charge in [-0.25, -0.2) is 12.7 Å². The summed E-state index contributed by atoms with van der Waals surface area (Å²) in [5.41, 5.74) is 0.434. The highest BCUT2D eigenvalue weighted by atomic mass is 32.2. The Kier molecular flexibility index (Phi) is 4.92. The predicted molar refractivity (Wildman–Crippen MR) is 86.2 cm³/mol. The number of piperidine rings is 1. The Hall–Kier alpha value is -1.40. The molecular formula is C16H24N2O3S. The molecule has 2 rings (SSSR count). The van der Waals surface area contributed by atoms with Gasteiger partial charge in [-0.2, -0.15) is 0 Å². The van der Waals surface area contributed by atoms with E-state index in [4.69, 9.17) is 0 Å². The molecular weight excluding hydrogens is 300 g/mol. The maximum atomic E-state index is 12.7. The minimum Gasteiger partial charge on any atom is -0.338 e. The summed E-state index contributed by atoms with van der Waals surface area (Å²) < 4.78 is 25.5. The van der Waals surface area contributed by atoms with E-state index in [9.17, 15) is 13.2 Å². The quantitative estimate of drug-likeness (QED) is 0.855. The molecule has 1 aliphatic rings. The Labute approximate surface area is 133 Å². The van der Waals surface area contributed by atoms with Crippen LogP contribution in [0.15, 0.2) is 29.2 Å². The molecule has 0 radical (unpaired) electrons. The standard InChI is InChI=1S/C16H24N2O3S/c1-12-8-13(2)11-18(10-12)16(19)14-6-5-7-15(9-14)22(20,21)17(3)4/h5-7,9,12-13H,8,10-11H2,1-4H3/t12-,13+. The highest BCUT2D eigenvalue weighted by molar-refractivity contribution is 7.89. The molecule has 0 bridgehead atoms. The highest BCUT2D eigenvalue weighted by Crippen LogP contribution is 2.23. The summed E-state index contributed by atoms with van der Waals surface area (Å²) in [7, 11) is -0.555. The lowest BCUT2D eigenvalue weighted by atomic mass is 9.91. The number of rotatable bonds is 3. The molecule has 5 nitrogen and oxygen atoms in total. The SMILES string of the molecule is C[C@@H]1C[C@H](C)CN(C(=O)c2cccc(S(=O)(=O)N(C)C)c2)C1. The van der Waals surface area contributed by atoms with Crippen LogP contribution in [0.4, 0.5) is 0 Å². The Morgan fingerprint density at radius 1 is 1.18 bits per heavy atom. The van der Waals surface area contributed by atoms with Crippen LogP contribution in [-0.4, -0.2) is 50.7 Å². The van der Waals surface area contributed by atoms with E-state index < -0.39 is 10.0 Å². The fraction of sp³-hybridized carbons (Fsp3) is 0.562. The van der Waals surface area contributed by atoms with Crippen molar-refractivity contribution in [2.75, 3.05) is 27.2 Å². The Morgan fingerprint density at radius 2 is 1.77 bits per heavy atom. The van der Waals surface area contributed by atoms with Crippen LogP contribution in [-0.2, 0) is 10.0 Å². The average Bonchev–Trinajstić information content (AvgIpc) is 2.45. The number of amides is 1. The van der Waals surface area contributed by atoms with Crippen LogP contribution in [0.1, 0.15) is 30.6 Å². The van der Waals surface area contributed by atoms with Gasteiger partial charge >= 0.3 is 0 Å². The zero-order chi connectivity index (χ0) is 16.5. The summed E-state index contributed by atoms with van der Waals surface area (Å²) in [5.74, 6) is 0.858. The molecule has 1 aromatic carbocycles. The van der Waals surface area contributed by atoms with Crippen molar-refractivity contribution in [3.05, 3.63) is 29.8 Å². The molecule has 122 valence electrons. The number of likely N-dealkylation sites (tertiary alicyclic amines) is 1. The van der Waals surface area contributed by atoms with Gasteiger partial charge in [0.15, 0.2) is 0 Å². The van der Waals surface area contributed by atoms with Gasteiger partial charge in [-0.1, -0.05) is 19.9 Å². The van der Waals surface area contributed by atoms with Gasteiger partial charge in [0.1, 0.15) is 0 Å². The number of nitrogens with zero attached hydrogens (tertiary/aromatic N) is 2. The van der Waals surface area contributed by atoms with E-state index >= 15 is 0 Å². The molecule has 0 aliphatic carbocycles. The van der Waals surface area contributed by atoms with Crippen molar-refractivity contribution < 1.29 is 13.2 Å². The summed E-state index contributed by atoms with van der Waals surface area (Å²) in [6, 6.07) is 6.30. The van der Waals surface area contributed by atoms with E-state index in [2.05, 4.69) is 13.8 Å². The highest BCUT2D eigenvalue weighted by Gasteiger charge is 2.27. The third-order valence-corrected chi connectivity index (χ3v) is 5.83. The van der Waals surface area contributed by atoms with E-state index in [1.165, 1.54) is 26.2 Å². The molecule has 0 spiro atoms.